The molecule has 2 aliphatic heterocycles. The number of ether oxygens (including phenoxy) is 1. The van der Waals surface area contributed by atoms with Crippen LogP contribution in [0.25, 0.3) is 0 Å². The molecule has 25 heavy (non-hydrogen) atoms. The van der Waals surface area contributed by atoms with E-state index >= 15 is 0 Å². The molecule has 1 unspecified atom stereocenters. The van der Waals surface area contributed by atoms with Gasteiger partial charge in [-0.15, -0.1) is 0 Å². The zero-order valence-electron chi connectivity index (χ0n) is 14.0. The minimum atomic E-state index is -0.236. The maximum atomic E-state index is 12.9. The molecule has 0 aliphatic carbocycles. The van der Waals surface area contributed by atoms with Crippen molar-refractivity contribution in [1.29, 1.82) is 0 Å². The van der Waals surface area contributed by atoms with Gasteiger partial charge in [0.15, 0.2) is 0 Å². The first kappa shape index (κ1) is 15.9. The largest absolute Gasteiger partial charge is 0.493 e. The second kappa shape index (κ2) is 7.09. The summed E-state index contributed by atoms with van der Waals surface area (Å²) in [5, 5.41) is 0. The Kier molecular flexibility index (Phi) is 4.50. The SMILES string of the molecule is Fc1ccc(OCC2CCC3=CN(c4ncccn4)CCN3C2)cc1. The van der Waals surface area contributed by atoms with Crippen LogP contribution in [0.4, 0.5) is 10.3 Å². The number of halogens is 1. The summed E-state index contributed by atoms with van der Waals surface area (Å²) in [5.41, 5.74) is 1.34. The predicted octanol–water partition coefficient (Wildman–Crippen LogP) is 3.07. The van der Waals surface area contributed by atoms with E-state index in [4.69, 9.17) is 4.74 Å². The molecule has 2 aromatic rings. The van der Waals surface area contributed by atoms with Gasteiger partial charge in [-0.2, -0.15) is 0 Å². The van der Waals surface area contributed by atoms with Gasteiger partial charge in [0, 0.05) is 49.8 Å². The van der Waals surface area contributed by atoms with E-state index in [2.05, 4.69) is 26.0 Å². The summed E-state index contributed by atoms with van der Waals surface area (Å²) in [4.78, 5) is 13.2. The fourth-order valence-electron chi connectivity index (χ4n) is 3.36. The summed E-state index contributed by atoms with van der Waals surface area (Å²) < 4.78 is 18.8. The monoisotopic (exact) mass is 340 g/mol. The number of fused-ring (bicyclic) bond motifs is 1. The Morgan fingerprint density at radius 2 is 1.92 bits per heavy atom. The van der Waals surface area contributed by atoms with E-state index in [0.717, 1.165) is 44.2 Å². The fraction of sp³-hybridized carbons (Fsp3) is 0.368. The number of hydrogen-bond acceptors (Lipinski definition) is 5. The van der Waals surface area contributed by atoms with Crippen LogP contribution in [0, 0.1) is 11.7 Å². The molecule has 130 valence electrons. The van der Waals surface area contributed by atoms with Crippen LogP contribution in [-0.4, -0.2) is 41.1 Å². The Bertz CT molecular complexity index is 735. The van der Waals surface area contributed by atoms with Gasteiger partial charge < -0.3 is 14.5 Å². The smallest absolute Gasteiger partial charge is 0.229 e. The van der Waals surface area contributed by atoms with Crippen molar-refractivity contribution < 1.29 is 9.13 Å². The van der Waals surface area contributed by atoms with E-state index in [1.165, 1.54) is 17.8 Å². The number of piperidine rings is 1. The lowest BCUT2D eigenvalue weighted by Gasteiger charge is -2.41. The van der Waals surface area contributed by atoms with E-state index in [-0.39, 0.29) is 5.82 Å². The standard InChI is InChI=1S/C19H21FN4O/c20-16-3-6-18(7-4-16)25-14-15-2-5-17-13-24(11-10-23(17)12-15)19-21-8-1-9-22-19/h1,3-4,6-9,13,15H,2,5,10-12,14H2. The summed E-state index contributed by atoms with van der Waals surface area (Å²) in [7, 11) is 0. The summed E-state index contributed by atoms with van der Waals surface area (Å²) in [6, 6.07) is 8.06. The Morgan fingerprint density at radius 3 is 2.72 bits per heavy atom. The lowest BCUT2D eigenvalue weighted by Crippen LogP contribution is -2.44. The van der Waals surface area contributed by atoms with Gasteiger partial charge in [-0.25, -0.2) is 14.4 Å². The fourth-order valence-corrected chi connectivity index (χ4v) is 3.36. The number of rotatable bonds is 4. The second-order valence-electron chi connectivity index (χ2n) is 6.48. The molecule has 0 amide bonds. The van der Waals surface area contributed by atoms with Gasteiger partial charge in [0.1, 0.15) is 11.6 Å². The van der Waals surface area contributed by atoms with Crippen molar-refractivity contribution in [3.05, 3.63) is 60.4 Å². The molecule has 0 saturated carbocycles. The minimum Gasteiger partial charge on any atom is -0.493 e. The van der Waals surface area contributed by atoms with Crippen molar-refractivity contribution in [3.63, 3.8) is 0 Å². The number of anilines is 1. The van der Waals surface area contributed by atoms with E-state index in [0.29, 0.717) is 12.5 Å². The molecule has 0 N–H and O–H groups in total. The van der Waals surface area contributed by atoms with E-state index in [1.54, 1.807) is 24.5 Å². The van der Waals surface area contributed by atoms with Crippen LogP contribution in [0.3, 0.4) is 0 Å². The molecule has 1 aromatic heterocycles. The second-order valence-corrected chi connectivity index (χ2v) is 6.48. The molecule has 1 atom stereocenters. The normalized spacial score (nSPS) is 20.0. The number of nitrogens with zero attached hydrogens (tertiary/aromatic N) is 4. The number of aromatic nitrogens is 2. The van der Waals surface area contributed by atoms with Gasteiger partial charge in [0.25, 0.3) is 0 Å². The third kappa shape index (κ3) is 3.73. The first-order chi connectivity index (χ1) is 12.3. The summed E-state index contributed by atoms with van der Waals surface area (Å²) in [6.45, 7) is 3.52. The van der Waals surface area contributed by atoms with Crippen molar-refractivity contribution in [3.8, 4) is 5.75 Å². The van der Waals surface area contributed by atoms with Crippen LogP contribution in [0.1, 0.15) is 12.8 Å². The Balaban J connectivity index is 1.34. The van der Waals surface area contributed by atoms with Crippen LogP contribution >= 0.6 is 0 Å². The van der Waals surface area contributed by atoms with Gasteiger partial charge >= 0.3 is 0 Å². The first-order valence-electron chi connectivity index (χ1n) is 8.65. The highest BCUT2D eigenvalue weighted by molar-refractivity contribution is 5.37. The third-order valence-corrected chi connectivity index (χ3v) is 4.72. The minimum absolute atomic E-state index is 0.236. The van der Waals surface area contributed by atoms with Crippen molar-refractivity contribution >= 4 is 5.95 Å². The van der Waals surface area contributed by atoms with Gasteiger partial charge in [0.2, 0.25) is 5.95 Å². The van der Waals surface area contributed by atoms with E-state index in [1.807, 2.05) is 6.07 Å². The number of benzene rings is 1. The molecule has 1 fully saturated rings. The van der Waals surface area contributed by atoms with Crippen LogP contribution in [0.2, 0.25) is 0 Å². The zero-order chi connectivity index (χ0) is 17.1. The van der Waals surface area contributed by atoms with Crippen molar-refractivity contribution in [2.45, 2.75) is 12.8 Å². The quantitative estimate of drug-likeness (QED) is 0.856. The van der Waals surface area contributed by atoms with Crippen LogP contribution < -0.4 is 9.64 Å². The maximum Gasteiger partial charge on any atom is 0.229 e. The molecule has 0 spiro atoms. The lowest BCUT2D eigenvalue weighted by atomic mass is 9.96. The molecule has 3 heterocycles. The van der Waals surface area contributed by atoms with Gasteiger partial charge in [0.05, 0.1) is 6.61 Å². The molecule has 0 radical (unpaired) electrons. The molecule has 5 nitrogen and oxygen atoms in total. The van der Waals surface area contributed by atoms with Gasteiger partial charge in [-0.1, -0.05) is 0 Å². The summed E-state index contributed by atoms with van der Waals surface area (Å²) in [6.07, 6.45) is 7.84. The van der Waals surface area contributed by atoms with Crippen LogP contribution in [-0.2, 0) is 0 Å². The molecule has 1 aromatic carbocycles. The first-order valence-corrected chi connectivity index (χ1v) is 8.65. The lowest BCUT2D eigenvalue weighted by molar-refractivity contribution is 0.159. The Hall–Kier alpha value is -2.63. The third-order valence-electron chi connectivity index (χ3n) is 4.72. The zero-order valence-corrected chi connectivity index (χ0v) is 14.0. The topological polar surface area (TPSA) is 41.5 Å². The van der Waals surface area contributed by atoms with Crippen LogP contribution in [0.5, 0.6) is 5.75 Å². The highest BCUT2D eigenvalue weighted by Crippen LogP contribution is 2.29. The maximum absolute atomic E-state index is 12.9. The number of hydrogen-bond donors (Lipinski definition) is 0. The molecule has 2 aliphatic rings. The summed E-state index contributed by atoms with van der Waals surface area (Å²) >= 11 is 0. The molecule has 6 heteroatoms. The molecule has 1 saturated heterocycles. The highest BCUT2D eigenvalue weighted by atomic mass is 19.1. The average Bonchev–Trinajstić information content (AvgIpc) is 2.68. The Labute approximate surface area is 146 Å². The summed E-state index contributed by atoms with van der Waals surface area (Å²) in [5.74, 6) is 1.74. The molecular formula is C19H21FN4O. The highest BCUT2D eigenvalue weighted by Gasteiger charge is 2.27. The van der Waals surface area contributed by atoms with Crippen molar-refractivity contribution in [1.82, 2.24) is 14.9 Å². The molecular weight excluding hydrogens is 319 g/mol. The van der Waals surface area contributed by atoms with Crippen molar-refractivity contribution in [2.24, 2.45) is 5.92 Å². The van der Waals surface area contributed by atoms with Gasteiger partial charge in [-0.3, -0.25) is 0 Å². The Morgan fingerprint density at radius 1 is 1.12 bits per heavy atom. The van der Waals surface area contributed by atoms with E-state index in [9.17, 15) is 4.39 Å². The van der Waals surface area contributed by atoms with Gasteiger partial charge in [-0.05, 0) is 43.2 Å². The van der Waals surface area contributed by atoms with Crippen molar-refractivity contribution in [2.75, 3.05) is 31.1 Å². The predicted molar refractivity (Wildman–Crippen MR) is 93.7 cm³/mol. The molecule has 0 bridgehead atoms. The molecule has 4 rings (SSSR count). The van der Waals surface area contributed by atoms with Crippen LogP contribution in [0.15, 0.2) is 54.6 Å². The number of allylic oxidation sites excluding steroid dienone is 1. The average molecular weight is 340 g/mol. The van der Waals surface area contributed by atoms with E-state index < -0.39 is 0 Å².